The zero-order valence-corrected chi connectivity index (χ0v) is 7.07. The highest BCUT2D eigenvalue weighted by molar-refractivity contribution is 9.21. The van der Waals surface area contributed by atoms with E-state index in [1.54, 1.807) is 9.03 Å². The first-order valence-corrected chi connectivity index (χ1v) is 2.89. The fourth-order valence-corrected chi connectivity index (χ4v) is 0.507. The molecule has 0 atom stereocenters. The lowest BCUT2D eigenvalue weighted by Crippen LogP contribution is -1.91. The number of hydrogen-bond donors (Lipinski definition) is 1. The molecule has 0 saturated heterocycles. The van der Waals surface area contributed by atoms with E-state index < -0.39 is 0 Å². The van der Waals surface area contributed by atoms with Crippen molar-refractivity contribution in [3.05, 3.63) is 12.7 Å². The minimum Gasteiger partial charge on any atom is -0.344 e. The van der Waals surface area contributed by atoms with Gasteiger partial charge in [0.1, 0.15) is 0 Å². The molecule has 0 radical (unpaired) electrons. The van der Waals surface area contributed by atoms with Crippen LogP contribution in [0.4, 0.5) is 0 Å². The van der Waals surface area contributed by atoms with Crippen molar-refractivity contribution in [3.8, 4) is 0 Å². The quantitative estimate of drug-likeness (QED) is 0.585. The molecular formula is C3H8Br2N2. The molecule has 0 bridgehead atoms. The number of rotatable bonds is 2. The second kappa shape index (κ2) is 6.62. The van der Waals surface area contributed by atoms with Crippen LogP contribution in [0.3, 0.4) is 0 Å². The van der Waals surface area contributed by atoms with E-state index in [0.717, 1.165) is 6.54 Å². The minimum atomic E-state index is 0. The van der Waals surface area contributed by atoms with Crippen LogP contribution in [0.25, 0.3) is 0 Å². The molecule has 0 rings (SSSR count). The number of hydrogen-bond acceptors (Lipinski definition) is 2. The Kier molecular flexibility index (Phi) is 10.00. The van der Waals surface area contributed by atoms with Gasteiger partial charge in [-0.1, -0.05) is 6.08 Å². The highest BCUT2D eigenvalue weighted by Gasteiger charge is 1.81. The van der Waals surface area contributed by atoms with Gasteiger partial charge in [0, 0.05) is 38.8 Å². The van der Waals surface area contributed by atoms with Gasteiger partial charge in [-0.05, 0) is 0 Å². The SMILES string of the molecule is C=CCN(Br)Br.N. The van der Waals surface area contributed by atoms with Gasteiger partial charge in [-0.2, -0.15) is 2.95 Å². The van der Waals surface area contributed by atoms with Crippen molar-refractivity contribution < 1.29 is 0 Å². The van der Waals surface area contributed by atoms with Crippen LogP contribution in [-0.2, 0) is 0 Å². The minimum absolute atomic E-state index is 0. The van der Waals surface area contributed by atoms with Crippen molar-refractivity contribution in [2.45, 2.75) is 0 Å². The van der Waals surface area contributed by atoms with E-state index in [-0.39, 0.29) is 6.15 Å². The van der Waals surface area contributed by atoms with Gasteiger partial charge in [-0.15, -0.1) is 6.58 Å². The summed E-state index contributed by atoms with van der Waals surface area (Å²) in [6.45, 7) is 4.30. The lowest BCUT2D eigenvalue weighted by molar-refractivity contribution is 0.898. The molecule has 0 aromatic carbocycles. The van der Waals surface area contributed by atoms with Crippen LogP contribution in [0.15, 0.2) is 12.7 Å². The van der Waals surface area contributed by atoms with E-state index >= 15 is 0 Å². The summed E-state index contributed by atoms with van der Waals surface area (Å²) in [5.74, 6) is 0. The standard InChI is InChI=1S/C3H5Br2N.H3N/c1-2-3-6(4)5;/h2H,1,3H2;1H3. The van der Waals surface area contributed by atoms with Crippen LogP contribution in [0.2, 0.25) is 0 Å². The van der Waals surface area contributed by atoms with Crippen molar-refractivity contribution in [2.75, 3.05) is 6.54 Å². The molecule has 4 heteroatoms. The molecule has 0 amide bonds. The smallest absolute Gasteiger partial charge is 0.0387 e. The van der Waals surface area contributed by atoms with Crippen LogP contribution >= 0.6 is 32.3 Å². The largest absolute Gasteiger partial charge is 0.344 e. The van der Waals surface area contributed by atoms with Gasteiger partial charge < -0.3 is 6.15 Å². The number of halogens is 2. The first kappa shape index (κ1) is 10.6. The zero-order chi connectivity index (χ0) is 4.99. The second-order valence-corrected chi connectivity index (χ2v) is 3.44. The zero-order valence-electron chi connectivity index (χ0n) is 3.90. The first-order valence-electron chi connectivity index (χ1n) is 1.47. The third-order valence-electron chi connectivity index (χ3n) is 0.267. The Bertz CT molecular complexity index is 46.2. The van der Waals surface area contributed by atoms with E-state index in [0.29, 0.717) is 0 Å². The summed E-state index contributed by atoms with van der Waals surface area (Å²) in [6, 6.07) is 0. The van der Waals surface area contributed by atoms with Crippen LogP contribution in [0, 0.1) is 0 Å². The maximum absolute atomic E-state index is 3.50. The Balaban J connectivity index is 0. The van der Waals surface area contributed by atoms with Gasteiger partial charge in [-0.25, -0.2) is 0 Å². The van der Waals surface area contributed by atoms with Crippen LogP contribution in [0.1, 0.15) is 0 Å². The fourth-order valence-electron chi connectivity index (χ4n) is 0.0976. The Morgan fingerprint density at radius 1 is 1.57 bits per heavy atom. The molecule has 0 aliphatic heterocycles. The van der Waals surface area contributed by atoms with E-state index in [9.17, 15) is 0 Å². The Morgan fingerprint density at radius 3 is 2.00 bits per heavy atom. The fraction of sp³-hybridized carbons (Fsp3) is 0.333. The van der Waals surface area contributed by atoms with Crippen LogP contribution in [-0.4, -0.2) is 9.50 Å². The Labute approximate surface area is 60.8 Å². The van der Waals surface area contributed by atoms with Gasteiger partial charge >= 0.3 is 0 Å². The van der Waals surface area contributed by atoms with E-state index in [2.05, 4.69) is 38.9 Å². The van der Waals surface area contributed by atoms with E-state index in [4.69, 9.17) is 0 Å². The lowest BCUT2D eigenvalue weighted by atomic mass is 10.7. The Hall–Kier alpha value is 0.620. The van der Waals surface area contributed by atoms with Gasteiger partial charge in [-0.3, -0.25) is 0 Å². The molecule has 0 fully saturated rings. The van der Waals surface area contributed by atoms with Gasteiger partial charge in [0.15, 0.2) is 0 Å². The van der Waals surface area contributed by atoms with Crippen molar-refractivity contribution in [1.29, 1.82) is 0 Å². The first-order chi connectivity index (χ1) is 2.77. The summed E-state index contributed by atoms with van der Waals surface area (Å²) in [5, 5.41) is 0. The predicted octanol–water partition coefficient (Wildman–Crippen LogP) is 2.26. The van der Waals surface area contributed by atoms with E-state index in [1.165, 1.54) is 0 Å². The molecule has 0 aliphatic rings. The molecule has 3 N–H and O–H groups in total. The molecule has 7 heavy (non-hydrogen) atoms. The third-order valence-corrected chi connectivity index (χ3v) is 0.846. The summed E-state index contributed by atoms with van der Waals surface area (Å²) in [6.07, 6.45) is 1.78. The van der Waals surface area contributed by atoms with Gasteiger partial charge in [0.25, 0.3) is 0 Å². The van der Waals surface area contributed by atoms with Crippen molar-refractivity contribution >= 4 is 32.3 Å². The second-order valence-electron chi connectivity index (χ2n) is 0.774. The lowest BCUT2D eigenvalue weighted by Gasteiger charge is -1.94. The normalized spacial score (nSPS) is 7.86. The predicted molar refractivity (Wildman–Crippen MR) is 39.8 cm³/mol. The summed E-state index contributed by atoms with van der Waals surface area (Å²) in [4.78, 5) is 0. The van der Waals surface area contributed by atoms with Crippen molar-refractivity contribution in [2.24, 2.45) is 0 Å². The summed E-state index contributed by atoms with van der Waals surface area (Å²) in [7, 11) is 0. The Morgan fingerprint density at radius 2 is 2.00 bits per heavy atom. The molecule has 0 aromatic heterocycles. The highest BCUT2D eigenvalue weighted by atomic mass is 79.9. The molecule has 0 unspecified atom stereocenters. The molecular weight excluding hydrogens is 224 g/mol. The number of nitrogens with zero attached hydrogens (tertiary/aromatic N) is 1. The molecule has 0 heterocycles. The molecule has 2 nitrogen and oxygen atoms in total. The van der Waals surface area contributed by atoms with Crippen molar-refractivity contribution in [1.82, 2.24) is 9.10 Å². The average Bonchev–Trinajstić information content (AvgIpc) is 1.35. The summed E-state index contributed by atoms with van der Waals surface area (Å²) < 4.78 is 1.69. The molecule has 44 valence electrons. The highest BCUT2D eigenvalue weighted by Crippen LogP contribution is 2.02. The maximum Gasteiger partial charge on any atom is 0.0387 e. The molecule has 0 aliphatic carbocycles. The summed E-state index contributed by atoms with van der Waals surface area (Å²) in [5.41, 5.74) is 0. The summed E-state index contributed by atoms with van der Waals surface area (Å²) >= 11 is 6.23. The van der Waals surface area contributed by atoms with Crippen LogP contribution in [0.5, 0.6) is 0 Å². The monoisotopic (exact) mass is 230 g/mol. The van der Waals surface area contributed by atoms with Crippen molar-refractivity contribution in [3.63, 3.8) is 0 Å². The third kappa shape index (κ3) is 10.8. The average molecular weight is 232 g/mol. The molecule has 0 saturated carbocycles. The van der Waals surface area contributed by atoms with Gasteiger partial charge in [0.05, 0.1) is 0 Å². The van der Waals surface area contributed by atoms with Crippen LogP contribution < -0.4 is 6.15 Å². The molecule has 0 aromatic rings. The topological polar surface area (TPSA) is 38.2 Å². The van der Waals surface area contributed by atoms with E-state index in [1.807, 2.05) is 0 Å². The van der Waals surface area contributed by atoms with Gasteiger partial charge in [0.2, 0.25) is 0 Å². The maximum atomic E-state index is 3.50. The molecule has 0 spiro atoms.